The quantitative estimate of drug-likeness (QED) is 0.578. The molecular formula is C29H38N2O. The van der Waals surface area contributed by atoms with Gasteiger partial charge in [-0.1, -0.05) is 54.1 Å². The number of likely N-dealkylation sites (tertiary alicyclic amines) is 1. The summed E-state index contributed by atoms with van der Waals surface area (Å²) >= 11 is 0. The largest absolute Gasteiger partial charge is 0.339 e. The molecule has 1 amide bonds. The van der Waals surface area contributed by atoms with E-state index in [2.05, 4.69) is 92.1 Å². The Hall–Kier alpha value is -2.39. The van der Waals surface area contributed by atoms with Gasteiger partial charge in [0.2, 0.25) is 5.91 Å². The molecule has 0 atom stereocenters. The third-order valence-electron chi connectivity index (χ3n) is 7.42. The van der Waals surface area contributed by atoms with Crippen molar-refractivity contribution >= 4 is 12.0 Å². The van der Waals surface area contributed by atoms with Crippen molar-refractivity contribution in [2.75, 3.05) is 26.2 Å². The van der Waals surface area contributed by atoms with E-state index in [0.29, 0.717) is 5.92 Å². The van der Waals surface area contributed by atoms with Crippen LogP contribution in [0.15, 0.2) is 54.1 Å². The van der Waals surface area contributed by atoms with Crippen LogP contribution in [0.4, 0.5) is 0 Å². The van der Waals surface area contributed by atoms with Gasteiger partial charge in [0.25, 0.3) is 0 Å². The van der Waals surface area contributed by atoms with Crippen molar-refractivity contribution in [3.63, 3.8) is 0 Å². The van der Waals surface area contributed by atoms with Crippen LogP contribution in [0.2, 0.25) is 0 Å². The highest BCUT2D eigenvalue weighted by Gasteiger charge is 2.32. The number of fused-ring (bicyclic) bond motifs is 1. The molecule has 1 heterocycles. The molecule has 1 aliphatic carbocycles. The van der Waals surface area contributed by atoms with Crippen LogP contribution in [0.5, 0.6) is 0 Å². The summed E-state index contributed by atoms with van der Waals surface area (Å²) in [6.07, 6.45) is 6.28. The van der Waals surface area contributed by atoms with Gasteiger partial charge < -0.3 is 4.90 Å². The first-order valence-electron chi connectivity index (χ1n) is 12.2. The van der Waals surface area contributed by atoms with Crippen molar-refractivity contribution in [2.45, 2.75) is 58.9 Å². The van der Waals surface area contributed by atoms with Crippen LogP contribution >= 0.6 is 0 Å². The number of carbonyl (C=O) groups excluding carboxylic acids is 1. The number of rotatable bonds is 7. The molecule has 170 valence electrons. The highest BCUT2D eigenvalue weighted by Crippen LogP contribution is 2.29. The molecule has 0 spiro atoms. The Bertz CT molecular complexity index is 965. The summed E-state index contributed by atoms with van der Waals surface area (Å²) in [7, 11) is 0. The van der Waals surface area contributed by atoms with Crippen molar-refractivity contribution in [2.24, 2.45) is 5.92 Å². The minimum absolute atomic E-state index is 0.154. The predicted molar refractivity (Wildman–Crippen MR) is 134 cm³/mol. The van der Waals surface area contributed by atoms with Crippen LogP contribution in [-0.4, -0.2) is 47.4 Å². The molecule has 0 unspecified atom stereocenters. The average Bonchev–Trinajstić information content (AvgIpc) is 3.23. The average molecular weight is 431 g/mol. The van der Waals surface area contributed by atoms with E-state index in [1.54, 1.807) is 0 Å². The number of aryl methyl sites for hydroxylation is 1. The summed E-state index contributed by atoms with van der Waals surface area (Å²) in [5.41, 5.74) is 6.31. The molecule has 1 fully saturated rings. The van der Waals surface area contributed by atoms with Crippen molar-refractivity contribution in [1.82, 2.24) is 9.80 Å². The first-order valence-corrected chi connectivity index (χ1v) is 12.2. The molecule has 0 saturated carbocycles. The van der Waals surface area contributed by atoms with E-state index in [1.165, 1.54) is 35.1 Å². The third kappa shape index (κ3) is 5.15. The number of piperidine rings is 1. The number of carbonyl (C=O) groups is 1. The molecule has 0 radical (unpaired) electrons. The van der Waals surface area contributed by atoms with E-state index in [4.69, 9.17) is 0 Å². The maximum absolute atomic E-state index is 13.2. The van der Waals surface area contributed by atoms with E-state index in [0.717, 1.165) is 44.6 Å². The van der Waals surface area contributed by atoms with E-state index in [-0.39, 0.29) is 11.4 Å². The van der Waals surface area contributed by atoms with Gasteiger partial charge in [-0.15, -0.1) is 0 Å². The monoisotopic (exact) mass is 430 g/mol. The molecule has 3 nitrogen and oxygen atoms in total. The molecule has 2 aliphatic rings. The van der Waals surface area contributed by atoms with Crippen LogP contribution in [0.25, 0.3) is 6.08 Å². The number of benzene rings is 2. The van der Waals surface area contributed by atoms with E-state index in [1.807, 2.05) is 0 Å². The van der Waals surface area contributed by atoms with Crippen molar-refractivity contribution in [1.29, 1.82) is 0 Å². The summed E-state index contributed by atoms with van der Waals surface area (Å²) in [4.78, 5) is 17.9. The van der Waals surface area contributed by atoms with Crippen molar-refractivity contribution < 1.29 is 4.79 Å². The van der Waals surface area contributed by atoms with Gasteiger partial charge in [-0.25, -0.2) is 0 Å². The molecule has 3 heteroatoms. The first kappa shape index (κ1) is 22.8. The van der Waals surface area contributed by atoms with Gasteiger partial charge in [0.05, 0.1) is 0 Å². The highest BCUT2D eigenvalue weighted by atomic mass is 16.2. The fourth-order valence-corrected chi connectivity index (χ4v) is 5.33. The van der Waals surface area contributed by atoms with E-state index < -0.39 is 0 Å². The fourth-order valence-electron chi connectivity index (χ4n) is 5.33. The standard InChI is InChI=1S/C29H38N2O/c1-5-30(28(32)27-18-25-8-6-7-9-26(25)19-27)21-24-14-16-31(17-15-24)29(3,4)20-23-12-10-22(2)11-13-23/h6-13,18,24H,5,14-17,19-21H2,1-4H3. The lowest BCUT2D eigenvalue weighted by Gasteiger charge is -2.44. The Morgan fingerprint density at radius 1 is 1.06 bits per heavy atom. The molecule has 1 saturated heterocycles. The van der Waals surface area contributed by atoms with Gasteiger partial charge in [0.1, 0.15) is 0 Å². The summed E-state index contributed by atoms with van der Waals surface area (Å²) in [6.45, 7) is 12.9. The zero-order valence-corrected chi connectivity index (χ0v) is 20.2. The Labute approximate surface area is 194 Å². The van der Waals surface area contributed by atoms with Crippen molar-refractivity contribution in [3.8, 4) is 0 Å². The summed E-state index contributed by atoms with van der Waals surface area (Å²) < 4.78 is 0. The molecule has 2 aromatic carbocycles. The molecule has 0 bridgehead atoms. The predicted octanol–water partition coefficient (Wildman–Crippen LogP) is 5.52. The Balaban J connectivity index is 1.31. The van der Waals surface area contributed by atoms with Crippen LogP contribution in [0.3, 0.4) is 0 Å². The number of likely N-dealkylation sites (N-methyl/N-ethyl adjacent to an activating group) is 1. The second-order valence-corrected chi connectivity index (χ2v) is 10.3. The Morgan fingerprint density at radius 2 is 1.75 bits per heavy atom. The summed E-state index contributed by atoms with van der Waals surface area (Å²) in [5.74, 6) is 0.820. The maximum Gasteiger partial charge on any atom is 0.250 e. The van der Waals surface area contributed by atoms with Gasteiger partial charge in [0, 0.05) is 30.6 Å². The second-order valence-electron chi connectivity index (χ2n) is 10.3. The lowest BCUT2D eigenvalue weighted by Crippen LogP contribution is -2.50. The van der Waals surface area contributed by atoms with Crippen LogP contribution in [0.1, 0.15) is 55.9 Å². The van der Waals surface area contributed by atoms with E-state index >= 15 is 0 Å². The van der Waals surface area contributed by atoms with Crippen LogP contribution in [-0.2, 0) is 17.6 Å². The van der Waals surface area contributed by atoms with Gasteiger partial charge in [0.15, 0.2) is 0 Å². The highest BCUT2D eigenvalue weighted by molar-refractivity contribution is 6.00. The van der Waals surface area contributed by atoms with Gasteiger partial charge in [-0.05, 0) is 88.7 Å². The fraction of sp³-hybridized carbons (Fsp3) is 0.483. The van der Waals surface area contributed by atoms with Gasteiger partial charge >= 0.3 is 0 Å². The second kappa shape index (κ2) is 9.62. The molecule has 0 aromatic heterocycles. The number of hydrogen-bond acceptors (Lipinski definition) is 2. The lowest BCUT2D eigenvalue weighted by atomic mass is 9.88. The lowest BCUT2D eigenvalue weighted by molar-refractivity contribution is -0.127. The van der Waals surface area contributed by atoms with E-state index in [9.17, 15) is 4.79 Å². The molecule has 2 aromatic rings. The first-order chi connectivity index (χ1) is 15.4. The van der Waals surface area contributed by atoms with Crippen molar-refractivity contribution in [3.05, 3.63) is 76.4 Å². The van der Waals surface area contributed by atoms with Crippen LogP contribution in [0, 0.1) is 12.8 Å². The van der Waals surface area contributed by atoms with Gasteiger partial charge in [-0.3, -0.25) is 9.69 Å². The smallest absolute Gasteiger partial charge is 0.250 e. The number of amides is 1. The minimum Gasteiger partial charge on any atom is -0.339 e. The van der Waals surface area contributed by atoms with Gasteiger partial charge in [-0.2, -0.15) is 0 Å². The third-order valence-corrected chi connectivity index (χ3v) is 7.42. The number of hydrogen-bond donors (Lipinski definition) is 0. The SMILES string of the molecule is CCN(CC1CCN(C(C)(C)Cc2ccc(C)cc2)CC1)C(=O)C1=Cc2ccccc2C1. The molecule has 1 aliphatic heterocycles. The van der Waals surface area contributed by atoms with Crippen LogP contribution < -0.4 is 0 Å². The zero-order chi connectivity index (χ0) is 22.7. The topological polar surface area (TPSA) is 23.6 Å². The normalized spacial score (nSPS) is 17.2. The zero-order valence-electron chi connectivity index (χ0n) is 20.2. The molecule has 32 heavy (non-hydrogen) atoms. The molecule has 4 rings (SSSR count). The maximum atomic E-state index is 13.2. The summed E-state index contributed by atoms with van der Waals surface area (Å²) in [6, 6.07) is 17.3. The molecular weight excluding hydrogens is 392 g/mol. The number of nitrogens with zero attached hydrogens (tertiary/aromatic N) is 2. The Morgan fingerprint density at radius 3 is 2.41 bits per heavy atom. The summed E-state index contributed by atoms with van der Waals surface area (Å²) in [5, 5.41) is 0. The Kier molecular flexibility index (Phi) is 6.85. The minimum atomic E-state index is 0.154. The molecule has 0 N–H and O–H groups in total.